The number of non-ortho nitro benzene ring substituents is 1. The average molecular weight is 468 g/mol. The molecule has 32 heavy (non-hydrogen) atoms. The Kier molecular flexibility index (Phi) is 5.56. The minimum atomic E-state index is -3.94. The van der Waals surface area contributed by atoms with Gasteiger partial charge in [0.15, 0.2) is 9.84 Å². The summed E-state index contributed by atoms with van der Waals surface area (Å²) < 4.78 is 37.3. The first kappa shape index (κ1) is 24.0. The van der Waals surface area contributed by atoms with Crippen molar-refractivity contribution in [1.29, 1.82) is 0 Å². The number of nitro groups is 1. The number of nitrogens with zero attached hydrogens (tertiary/aromatic N) is 2. The molecule has 1 aromatic rings. The zero-order chi connectivity index (χ0) is 24.3. The van der Waals surface area contributed by atoms with E-state index in [0.29, 0.717) is 5.75 Å². The Hall–Kier alpha value is -2.69. The van der Waals surface area contributed by atoms with Crippen LogP contribution in [0.5, 0.6) is 5.75 Å². The van der Waals surface area contributed by atoms with Gasteiger partial charge in [-0.05, 0) is 54.5 Å². The highest BCUT2D eigenvalue weighted by molar-refractivity contribution is 7.94. The number of amidine groups is 1. The summed E-state index contributed by atoms with van der Waals surface area (Å²) >= 11 is 0. The van der Waals surface area contributed by atoms with Crippen molar-refractivity contribution in [2.24, 2.45) is 4.99 Å². The Balaban J connectivity index is 2.25. The summed E-state index contributed by atoms with van der Waals surface area (Å²) in [7, 11) is -3.94. The zero-order valence-corrected chi connectivity index (χ0v) is 20.1. The molecule has 0 fully saturated rings. The van der Waals surface area contributed by atoms with E-state index >= 15 is 0 Å². The van der Waals surface area contributed by atoms with Crippen molar-refractivity contribution < 1.29 is 27.6 Å². The van der Waals surface area contributed by atoms with Gasteiger partial charge in [0.1, 0.15) is 27.5 Å². The second-order valence-corrected chi connectivity index (χ2v) is 12.6. The van der Waals surface area contributed by atoms with Gasteiger partial charge in [0.25, 0.3) is 5.69 Å². The number of nitrogens with one attached hydrogen (secondary N) is 1. The van der Waals surface area contributed by atoms with Gasteiger partial charge >= 0.3 is 6.09 Å². The molecular formula is C21H29N3O7S. The zero-order valence-electron chi connectivity index (χ0n) is 19.3. The fraction of sp³-hybridized carbons (Fsp3) is 0.619. The predicted octanol–water partition coefficient (Wildman–Crippen LogP) is 3.48. The molecule has 0 aromatic heterocycles. The molecule has 10 nitrogen and oxygen atoms in total. The fourth-order valence-corrected chi connectivity index (χ4v) is 6.48. The highest BCUT2D eigenvalue weighted by Gasteiger charge is 2.59. The number of aliphatic imine (C=N–C) groups is 1. The van der Waals surface area contributed by atoms with E-state index in [1.165, 1.54) is 32.0 Å². The second-order valence-electron chi connectivity index (χ2n) is 9.88. The molecule has 0 spiro atoms. The van der Waals surface area contributed by atoms with Gasteiger partial charge in [0.05, 0.1) is 16.3 Å². The van der Waals surface area contributed by atoms with Crippen molar-refractivity contribution in [2.45, 2.75) is 82.1 Å². The van der Waals surface area contributed by atoms with E-state index < -0.39 is 48.1 Å². The lowest BCUT2D eigenvalue weighted by Gasteiger charge is -2.44. The quantitative estimate of drug-likeness (QED) is 0.493. The van der Waals surface area contributed by atoms with E-state index in [0.717, 1.165) is 0 Å². The number of carbonyl (C=O) groups excluding carboxylic acids is 1. The highest BCUT2D eigenvalue weighted by Crippen LogP contribution is 2.50. The van der Waals surface area contributed by atoms with Crippen molar-refractivity contribution in [1.82, 2.24) is 5.32 Å². The first-order chi connectivity index (χ1) is 14.5. The van der Waals surface area contributed by atoms with Gasteiger partial charge in [-0.25, -0.2) is 13.2 Å². The van der Waals surface area contributed by atoms with E-state index in [4.69, 9.17) is 14.5 Å². The number of carbonyl (C=O) groups is 1. The standard InChI is InChI=1S/C21H29N3O7S/c1-12-10-16-21(7,14-11-13(24(26)27)8-9-15(14)30-12)23-17(20(5,6)32(16,28)29)22-18(25)31-19(2,3)4/h8-9,11-12,16H,10H2,1-7H3,(H,22,23,25)/t12-,16-,21+/m0/s1. The number of nitro benzene ring substituents is 1. The van der Waals surface area contributed by atoms with Gasteiger partial charge in [0.2, 0.25) is 0 Å². The Labute approximate surface area is 187 Å². The summed E-state index contributed by atoms with van der Waals surface area (Å²) in [6.07, 6.45) is -1.17. The average Bonchev–Trinajstić information content (AvgIpc) is 2.73. The van der Waals surface area contributed by atoms with E-state index in [-0.39, 0.29) is 23.5 Å². The maximum Gasteiger partial charge on any atom is 0.413 e. The smallest absolute Gasteiger partial charge is 0.413 e. The molecule has 176 valence electrons. The lowest BCUT2D eigenvalue weighted by Crippen LogP contribution is -2.62. The van der Waals surface area contributed by atoms with Crippen LogP contribution in [0.2, 0.25) is 0 Å². The number of fused-ring (bicyclic) bond motifs is 3. The number of hydrogen-bond donors (Lipinski definition) is 1. The molecule has 3 rings (SSSR count). The van der Waals surface area contributed by atoms with Gasteiger partial charge in [0, 0.05) is 24.1 Å². The Morgan fingerprint density at radius 2 is 1.94 bits per heavy atom. The summed E-state index contributed by atoms with van der Waals surface area (Å²) in [5.74, 6) is 0.237. The molecule has 2 aliphatic heterocycles. The van der Waals surface area contributed by atoms with Gasteiger partial charge in [-0.2, -0.15) is 0 Å². The van der Waals surface area contributed by atoms with Crippen molar-refractivity contribution in [2.75, 3.05) is 0 Å². The first-order valence-electron chi connectivity index (χ1n) is 10.3. The highest BCUT2D eigenvalue weighted by atomic mass is 32.2. The van der Waals surface area contributed by atoms with Crippen LogP contribution in [0.1, 0.15) is 60.5 Å². The fourth-order valence-electron chi connectivity index (χ4n) is 4.10. The Morgan fingerprint density at radius 1 is 1.31 bits per heavy atom. The van der Waals surface area contributed by atoms with Gasteiger partial charge in [-0.3, -0.25) is 20.4 Å². The number of alkyl carbamates (subject to hydrolysis) is 1. The van der Waals surface area contributed by atoms with E-state index in [1.807, 2.05) is 0 Å². The molecule has 2 heterocycles. The number of ether oxygens (including phenoxy) is 2. The molecule has 0 bridgehead atoms. The van der Waals surface area contributed by atoms with Gasteiger partial charge in [-0.1, -0.05) is 0 Å². The second kappa shape index (κ2) is 7.43. The van der Waals surface area contributed by atoms with E-state index in [2.05, 4.69) is 5.32 Å². The monoisotopic (exact) mass is 467 g/mol. The normalized spacial score (nSPS) is 28.2. The molecule has 0 unspecified atom stereocenters. The van der Waals surface area contributed by atoms with E-state index in [1.54, 1.807) is 34.6 Å². The topological polar surface area (TPSA) is 137 Å². The number of hydrogen-bond acceptors (Lipinski definition) is 8. The third-order valence-electron chi connectivity index (χ3n) is 5.84. The summed E-state index contributed by atoms with van der Waals surface area (Å²) in [6.45, 7) is 11.4. The largest absolute Gasteiger partial charge is 0.490 e. The van der Waals surface area contributed by atoms with Crippen molar-refractivity contribution >= 4 is 27.5 Å². The summed E-state index contributed by atoms with van der Waals surface area (Å²) in [6, 6.07) is 4.06. The maximum atomic E-state index is 13.8. The van der Waals surface area contributed by atoms with Crippen LogP contribution in [0.25, 0.3) is 0 Å². The minimum Gasteiger partial charge on any atom is -0.490 e. The minimum absolute atomic E-state index is 0.0856. The summed E-state index contributed by atoms with van der Waals surface area (Å²) in [4.78, 5) is 28.0. The van der Waals surface area contributed by atoms with Crippen molar-refractivity contribution in [3.05, 3.63) is 33.9 Å². The molecule has 3 atom stereocenters. The lowest BCUT2D eigenvalue weighted by molar-refractivity contribution is -0.385. The Bertz CT molecular complexity index is 1100. The van der Waals surface area contributed by atoms with E-state index in [9.17, 15) is 23.3 Å². The molecule has 1 aromatic carbocycles. The van der Waals surface area contributed by atoms with Crippen LogP contribution in [0.15, 0.2) is 23.2 Å². The third-order valence-corrected chi connectivity index (χ3v) is 8.86. The van der Waals surface area contributed by atoms with Crippen LogP contribution in [-0.4, -0.2) is 47.0 Å². The molecule has 1 N–H and O–H groups in total. The van der Waals surface area contributed by atoms with Crippen molar-refractivity contribution in [3.63, 3.8) is 0 Å². The molecular weight excluding hydrogens is 438 g/mol. The van der Waals surface area contributed by atoms with Crippen LogP contribution < -0.4 is 10.1 Å². The SMILES string of the molecule is C[C@H]1C[C@H]2[C@](C)(N=C(NC(=O)OC(C)(C)C)C(C)(C)S2(=O)=O)c2cc([N+](=O)[O-])ccc2O1. The molecule has 1 amide bonds. The van der Waals surface area contributed by atoms with Crippen LogP contribution >= 0.6 is 0 Å². The molecule has 0 aliphatic carbocycles. The molecule has 2 aliphatic rings. The Morgan fingerprint density at radius 3 is 2.50 bits per heavy atom. The van der Waals surface area contributed by atoms with Gasteiger partial charge < -0.3 is 9.47 Å². The lowest BCUT2D eigenvalue weighted by atomic mass is 9.85. The van der Waals surface area contributed by atoms with Crippen LogP contribution in [-0.2, 0) is 20.1 Å². The maximum absolute atomic E-state index is 13.8. The first-order valence-corrected chi connectivity index (χ1v) is 11.8. The number of rotatable bonds is 1. The molecule has 0 saturated heterocycles. The number of benzene rings is 1. The molecule has 0 radical (unpaired) electrons. The van der Waals surface area contributed by atoms with Crippen molar-refractivity contribution in [3.8, 4) is 5.75 Å². The summed E-state index contributed by atoms with van der Waals surface area (Å²) in [5.41, 5.74) is -2.15. The van der Waals surface area contributed by atoms with Crippen LogP contribution in [0, 0.1) is 10.1 Å². The number of amides is 1. The summed E-state index contributed by atoms with van der Waals surface area (Å²) in [5, 5.41) is 12.9. The molecule has 11 heteroatoms. The van der Waals surface area contributed by atoms with Gasteiger partial charge in [-0.15, -0.1) is 0 Å². The molecule has 0 saturated carbocycles. The number of sulfone groups is 1. The van der Waals surface area contributed by atoms with Crippen LogP contribution in [0.3, 0.4) is 0 Å². The van der Waals surface area contributed by atoms with Crippen LogP contribution in [0.4, 0.5) is 10.5 Å². The third kappa shape index (κ3) is 3.94. The predicted molar refractivity (Wildman–Crippen MR) is 119 cm³/mol.